The Hall–Kier alpha value is -4.38. The molecule has 11 nitrogen and oxygen atoms in total. The van der Waals surface area contributed by atoms with Crippen molar-refractivity contribution in [1.29, 1.82) is 0 Å². The fraction of sp³-hybridized carbons (Fsp3) is 0.280. The van der Waals surface area contributed by atoms with Crippen LogP contribution in [0.15, 0.2) is 52.6 Å². The molecular formula is C25H25N9O2. The summed E-state index contributed by atoms with van der Waals surface area (Å²) in [5, 5.41) is 4.68. The highest BCUT2D eigenvalue weighted by atomic mass is 16.5. The maximum Gasteiger partial charge on any atom is 0.261 e. The molecule has 0 atom stereocenters. The van der Waals surface area contributed by atoms with Gasteiger partial charge in [-0.2, -0.15) is 5.10 Å². The Bertz CT molecular complexity index is 1640. The Labute approximate surface area is 205 Å². The SMILES string of the molecule is CCn1cc2[nH]c(=O)c(-c3nc4cnc(N5CCOCC5)cc4[nH]3)c(/N=C(/C)c3ccccn3)c2n1. The summed E-state index contributed by atoms with van der Waals surface area (Å²) in [5.41, 5.74) is 4.52. The van der Waals surface area contributed by atoms with Crippen molar-refractivity contribution in [1.82, 2.24) is 34.7 Å². The van der Waals surface area contributed by atoms with Crippen molar-refractivity contribution in [2.24, 2.45) is 4.99 Å². The first kappa shape index (κ1) is 22.1. The van der Waals surface area contributed by atoms with E-state index in [0.29, 0.717) is 59.1 Å². The van der Waals surface area contributed by atoms with E-state index in [1.807, 2.05) is 44.3 Å². The third kappa shape index (κ3) is 3.93. The smallest absolute Gasteiger partial charge is 0.261 e. The monoisotopic (exact) mass is 483 g/mol. The predicted molar refractivity (Wildman–Crippen MR) is 138 cm³/mol. The average Bonchev–Trinajstić information content (AvgIpc) is 3.53. The zero-order valence-corrected chi connectivity index (χ0v) is 20.0. The van der Waals surface area contributed by atoms with E-state index in [1.54, 1.807) is 17.1 Å². The van der Waals surface area contributed by atoms with Gasteiger partial charge in [-0.05, 0) is 26.0 Å². The van der Waals surface area contributed by atoms with Crippen LogP contribution < -0.4 is 10.5 Å². The van der Waals surface area contributed by atoms with Crippen LogP contribution in [0.5, 0.6) is 0 Å². The maximum absolute atomic E-state index is 13.4. The molecule has 5 aromatic rings. The molecule has 0 saturated carbocycles. The van der Waals surface area contributed by atoms with Gasteiger partial charge in [-0.25, -0.2) is 15.0 Å². The normalized spacial score (nSPS) is 14.7. The van der Waals surface area contributed by atoms with Gasteiger partial charge in [0.2, 0.25) is 0 Å². The number of hydrogen-bond donors (Lipinski definition) is 2. The number of ether oxygens (including phenoxy) is 1. The Morgan fingerprint density at radius 1 is 1.17 bits per heavy atom. The van der Waals surface area contributed by atoms with E-state index in [-0.39, 0.29) is 5.56 Å². The van der Waals surface area contributed by atoms with Gasteiger partial charge >= 0.3 is 0 Å². The summed E-state index contributed by atoms with van der Waals surface area (Å²) in [6.07, 6.45) is 5.25. The van der Waals surface area contributed by atoms with Crippen LogP contribution in [-0.4, -0.2) is 66.7 Å². The standard InChI is InChI=1S/C25H25N9O2/c1-3-34-14-19-22(32-34)23(28-15(2)16-6-4-5-7-26-16)21(25(35)31-19)24-29-17-12-20(27-13-18(17)30-24)33-8-10-36-11-9-33/h4-7,12-14H,3,8-11H2,1-2H3,(H,29,30)(H,31,35)/b28-15-. The highest BCUT2D eigenvalue weighted by molar-refractivity contribution is 6.03. The van der Waals surface area contributed by atoms with E-state index in [4.69, 9.17) is 14.7 Å². The van der Waals surface area contributed by atoms with Crippen molar-refractivity contribution < 1.29 is 4.74 Å². The number of imidazole rings is 1. The summed E-state index contributed by atoms with van der Waals surface area (Å²) in [6.45, 7) is 7.42. The van der Waals surface area contributed by atoms with Crippen LogP contribution in [0.4, 0.5) is 11.5 Å². The number of H-pyrrole nitrogens is 2. The largest absolute Gasteiger partial charge is 0.378 e. The van der Waals surface area contributed by atoms with Crippen LogP contribution in [0.2, 0.25) is 0 Å². The lowest BCUT2D eigenvalue weighted by molar-refractivity contribution is 0.122. The first-order valence-corrected chi connectivity index (χ1v) is 11.9. The third-order valence-electron chi connectivity index (χ3n) is 6.26. The molecule has 36 heavy (non-hydrogen) atoms. The molecule has 1 saturated heterocycles. The molecule has 0 bridgehead atoms. The van der Waals surface area contributed by atoms with Crippen molar-refractivity contribution in [2.45, 2.75) is 20.4 Å². The van der Waals surface area contributed by atoms with Crippen LogP contribution in [0.3, 0.4) is 0 Å². The summed E-state index contributed by atoms with van der Waals surface area (Å²) in [6, 6.07) is 7.59. The molecule has 0 aromatic carbocycles. The molecule has 6 rings (SSSR count). The Morgan fingerprint density at radius 3 is 2.81 bits per heavy atom. The molecular weight excluding hydrogens is 458 g/mol. The van der Waals surface area contributed by atoms with E-state index >= 15 is 0 Å². The second-order valence-corrected chi connectivity index (χ2v) is 8.58. The number of aromatic nitrogens is 7. The first-order chi connectivity index (χ1) is 17.6. The number of hydrogen-bond acceptors (Lipinski definition) is 8. The van der Waals surface area contributed by atoms with Crippen LogP contribution in [0, 0.1) is 0 Å². The molecule has 1 fully saturated rings. The van der Waals surface area contributed by atoms with Gasteiger partial charge in [0.25, 0.3) is 5.56 Å². The van der Waals surface area contributed by atoms with Gasteiger partial charge in [0, 0.05) is 38.1 Å². The molecule has 1 aliphatic rings. The van der Waals surface area contributed by atoms with E-state index in [2.05, 4.69) is 29.9 Å². The number of rotatable bonds is 5. The number of pyridine rings is 3. The minimum absolute atomic E-state index is 0.300. The molecule has 182 valence electrons. The molecule has 5 aromatic heterocycles. The van der Waals surface area contributed by atoms with Crippen LogP contribution in [-0.2, 0) is 11.3 Å². The quantitative estimate of drug-likeness (QED) is 0.368. The highest BCUT2D eigenvalue weighted by Crippen LogP contribution is 2.33. The molecule has 2 N–H and O–H groups in total. The lowest BCUT2D eigenvalue weighted by Gasteiger charge is -2.27. The number of morpholine rings is 1. The summed E-state index contributed by atoms with van der Waals surface area (Å²) in [7, 11) is 0. The molecule has 0 radical (unpaired) electrons. The van der Waals surface area contributed by atoms with Crippen LogP contribution in [0.1, 0.15) is 19.5 Å². The Kier molecular flexibility index (Phi) is 5.53. The molecule has 11 heteroatoms. The topological polar surface area (TPSA) is 130 Å². The number of aromatic amines is 2. The minimum atomic E-state index is -0.300. The Morgan fingerprint density at radius 2 is 2.03 bits per heavy atom. The summed E-state index contributed by atoms with van der Waals surface area (Å²) in [4.78, 5) is 40.4. The number of anilines is 1. The van der Waals surface area contributed by atoms with Gasteiger partial charge in [-0.15, -0.1) is 0 Å². The second-order valence-electron chi connectivity index (χ2n) is 8.58. The van der Waals surface area contributed by atoms with Gasteiger partial charge in [0.1, 0.15) is 33.9 Å². The van der Waals surface area contributed by atoms with Gasteiger partial charge in [-0.3, -0.25) is 14.5 Å². The van der Waals surface area contributed by atoms with E-state index in [9.17, 15) is 4.79 Å². The lowest BCUT2D eigenvalue weighted by Crippen LogP contribution is -2.36. The van der Waals surface area contributed by atoms with Crippen LogP contribution >= 0.6 is 0 Å². The molecule has 0 amide bonds. The number of nitrogens with zero attached hydrogens (tertiary/aromatic N) is 7. The maximum atomic E-state index is 13.4. The van der Waals surface area contributed by atoms with Gasteiger partial charge in [0.05, 0.1) is 41.8 Å². The lowest BCUT2D eigenvalue weighted by atomic mass is 10.1. The predicted octanol–water partition coefficient (Wildman–Crippen LogP) is 3.06. The Balaban J connectivity index is 1.53. The van der Waals surface area contributed by atoms with Crippen molar-refractivity contribution in [3.63, 3.8) is 0 Å². The zero-order valence-electron chi connectivity index (χ0n) is 20.0. The van der Waals surface area contributed by atoms with Crippen molar-refractivity contribution >= 4 is 39.3 Å². The van der Waals surface area contributed by atoms with Crippen LogP contribution in [0.25, 0.3) is 33.5 Å². The number of nitrogens with one attached hydrogen (secondary N) is 2. The average molecular weight is 484 g/mol. The third-order valence-corrected chi connectivity index (χ3v) is 6.26. The first-order valence-electron chi connectivity index (χ1n) is 11.9. The molecule has 6 heterocycles. The molecule has 0 unspecified atom stereocenters. The van der Waals surface area contributed by atoms with E-state index in [0.717, 1.165) is 30.1 Å². The number of fused-ring (bicyclic) bond motifs is 2. The zero-order chi connectivity index (χ0) is 24.6. The summed E-state index contributed by atoms with van der Waals surface area (Å²) in [5.74, 6) is 1.25. The summed E-state index contributed by atoms with van der Waals surface area (Å²) < 4.78 is 7.23. The van der Waals surface area contributed by atoms with Gasteiger partial charge in [-0.1, -0.05) is 6.07 Å². The minimum Gasteiger partial charge on any atom is -0.378 e. The molecule has 1 aliphatic heterocycles. The second kappa shape index (κ2) is 9.00. The fourth-order valence-corrected chi connectivity index (χ4v) is 4.38. The van der Waals surface area contributed by atoms with E-state index < -0.39 is 0 Å². The molecule has 0 spiro atoms. The summed E-state index contributed by atoms with van der Waals surface area (Å²) >= 11 is 0. The number of aliphatic imine (C=N–C) groups is 1. The highest BCUT2D eigenvalue weighted by Gasteiger charge is 2.21. The van der Waals surface area contributed by atoms with Crippen molar-refractivity contribution in [3.8, 4) is 11.4 Å². The molecule has 0 aliphatic carbocycles. The number of aryl methyl sites for hydroxylation is 1. The van der Waals surface area contributed by atoms with Crippen molar-refractivity contribution in [2.75, 3.05) is 31.2 Å². The van der Waals surface area contributed by atoms with Crippen molar-refractivity contribution in [3.05, 3.63) is 58.9 Å². The van der Waals surface area contributed by atoms with Gasteiger partial charge < -0.3 is 19.6 Å². The van der Waals surface area contributed by atoms with E-state index in [1.165, 1.54) is 0 Å². The van der Waals surface area contributed by atoms with Gasteiger partial charge in [0.15, 0.2) is 0 Å². The fourth-order valence-electron chi connectivity index (χ4n) is 4.38.